The molecule has 1 aromatic rings. The molecule has 1 saturated carbocycles. The van der Waals surface area contributed by atoms with Gasteiger partial charge in [-0.1, -0.05) is 30.3 Å². The molecule has 9 heteroatoms. The number of nitriles is 1. The molecule has 1 heterocycles. The second-order valence-corrected chi connectivity index (χ2v) is 7.61. The molecule has 4 amide bonds. The number of amides is 4. The molecule has 2 N–H and O–H groups in total. The minimum atomic E-state index is -1.28. The zero-order chi connectivity index (χ0) is 21.2. The lowest BCUT2D eigenvalue weighted by Gasteiger charge is -2.23. The summed E-state index contributed by atoms with van der Waals surface area (Å²) in [4.78, 5) is 49.8. The first-order chi connectivity index (χ1) is 13.7. The van der Waals surface area contributed by atoms with Gasteiger partial charge in [-0.15, -0.1) is 0 Å². The molecule has 1 saturated heterocycles. The van der Waals surface area contributed by atoms with Gasteiger partial charge >= 0.3 is 12.0 Å². The number of benzene rings is 1. The minimum absolute atomic E-state index is 0.0914. The van der Waals surface area contributed by atoms with Crippen LogP contribution in [0.25, 0.3) is 0 Å². The highest BCUT2D eigenvalue weighted by atomic mass is 16.5. The van der Waals surface area contributed by atoms with Crippen LogP contribution in [-0.4, -0.2) is 47.4 Å². The molecular formula is C20H22N4O5. The normalized spacial score (nSPS) is 23.0. The molecule has 1 aliphatic heterocycles. The average molecular weight is 398 g/mol. The molecule has 2 aliphatic rings. The van der Waals surface area contributed by atoms with E-state index in [1.165, 1.54) is 0 Å². The van der Waals surface area contributed by atoms with Gasteiger partial charge in [0.25, 0.3) is 11.8 Å². The lowest BCUT2D eigenvalue weighted by Crippen LogP contribution is -2.48. The Kier molecular flexibility index (Phi) is 5.29. The largest absolute Gasteiger partial charge is 0.454 e. The zero-order valence-corrected chi connectivity index (χ0v) is 16.2. The number of imide groups is 1. The number of urea groups is 1. The van der Waals surface area contributed by atoms with Crippen molar-refractivity contribution >= 4 is 23.8 Å². The average Bonchev–Trinajstić information content (AvgIpc) is 3.53. The molecule has 0 radical (unpaired) electrons. The highest BCUT2D eigenvalue weighted by molar-refractivity contribution is 6.08. The number of carbonyl (C=O) groups excluding carboxylic acids is 4. The van der Waals surface area contributed by atoms with E-state index in [1.807, 2.05) is 0 Å². The van der Waals surface area contributed by atoms with Crippen LogP contribution in [0.2, 0.25) is 0 Å². The Hall–Kier alpha value is -3.41. The molecule has 0 aromatic heterocycles. The maximum absolute atomic E-state index is 12.7. The number of hydrogen-bond acceptors (Lipinski definition) is 6. The third-order valence-electron chi connectivity index (χ3n) is 5.30. The summed E-state index contributed by atoms with van der Waals surface area (Å²) in [5.74, 6) is -2.00. The number of hydrogen-bond donors (Lipinski definition) is 2. The van der Waals surface area contributed by atoms with Crippen LogP contribution in [-0.2, 0) is 24.7 Å². The number of carbonyl (C=O) groups is 4. The van der Waals surface area contributed by atoms with E-state index in [-0.39, 0.29) is 5.92 Å². The van der Waals surface area contributed by atoms with Gasteiger partial charge < -0.3 is 15.4 Å². The van der Waals surface area contributed by atoms with E-state index in [0.717, 1.165) is 17.7 Å². The summed E-state index contributed by atoms with van der Waals surface area (Å²) in [5.41, 5.74) is -1.69. The molecule has 152 valence electrons. The molecular weight excluding hydrogens is 376 g/mol. The van der Waals surface area contributed by atoms with E-state index in [4.69, 9.17) is 4.74 Å². The van der Waals surface area contributed by atoms with Gasteiger partial charge in [-0.25, -0.2) is 4.79 Å². The third kappa shape index (κ3) is 4.06. The molecule has 2 atom stereocenters. The Morgan fingerprint density at radius 2 is 2.00 bits per heavy atom. The van der Waals surface area contributed by atoms with Gasteiger partial charge in [0.2, 0.25) is 0 Å². The Balaban J connectivity index is 1.55. The number of nitrogens with zero attached hydrogens (tertiary/aromatic N) is 2. The topological polar surface area (TPSA) is 129 Å². The van der Waals surface area contributed by atoms with Crippen LogP contribution in [0.4, 0.5) is 4.79 Å². The van der Waals surface area contributed by atoms with Gasteiger partial charge in [-0.3, -0.25) is 19.3 Å². The molecule has 1 aromatic carbocycles. The molecule has 0 bridgehead atoms. The smallest absolute Gasteiger partial charge is 0.326 e. The summed E-state index contributed by atoms with van der Waals surface area (Å²) < 4.78 is 4.89. The molecule has 1 aliphatic carbocycles. The molecule has 29 heavy (non-hydrogen) atoms. The fraction of sp³-hybridized carbons (Fsp3) is 0.450. The van der Waals surface area contributed by atoms with Crippen LogP contribution in [0.15, 0.2) is 30.3 Å². The van der Waals surface area contributed by atoms with Crippen LogP contribution in [0, 0.1) is 17.2 Å². The van der Waals surface area contributed by atoms with Crippen LogP contribution in [0.5, 0.6) is 0 Å². The third-order valence-corrected chi connectivity index (χ3v) is 5.30. The second kappa shape index (κ2) is 7.54. The first-order valence-corrected chi connectivity index (χ1v) is 9.27. The summed E-state index contributed by atoms with van der Waals surface area (Å²) >= 11 is 0. The molecule has 9 nitrogen and oxygen atoms in total. The van der Waals surface area contributed by atoms with Crippen LogP contribution < -0.4 is 10.6 Å². The maximum atomic E-state index is 12.7. The van der Waals surface area contributed by atoms with Gasteiger partial charge in [0.15, 0.2) is 6.61 Å². The summed E-state index contributed by atoms with van der Waals surface area (Å²) in [5, 5.41) is 14.4. The summed E-state index contributed by atoms with van der Waals surface area (Å²) in [6.07, 6.45) is 1.72. The van der Waals surface area contributed by atoms with Crippen molar-refractivity contribution in [1.82, 2.24) is 15.5 Å². The number of nitrogens with one attached hydrogen (secondary N) is 2. The minimum Gasteiger partial charge on any atom is -0.454 e. The molecule has 0 unspecified atom stereocenters. The van der Waals surface area contributed by atoms with E-state index in [1.54, 1.807) is 44.2 Å². The standard InChI is InChI=1S/C20H22N4O5/c1-19(12-21,13-8-9-13)22-15(25)11-29-16(26)10-24-17(27)20(2,23-18(24)28)14-6-4-3-5-7-14/h3-7,13H,8-11H2,1-2H3,(H,22,25)(H,23,28)/t19-,20-/m0/s1. The van der Waals surface area contributed by atoms with Gasteiger partial charge in [-0.2, -0.15) is 5.26 Å². The predicted molar refractivity (Wildman–Crippen MR) is 99.9 cm³/mol. The van der Waals surface area contributed by atoms with Crippen molar-refractivity contribution in [3.05, 3.63) is 35.9 Å². The van der Waals surface area contributed by atoms with Crippen molar-refractivity contribution in [2.24, 2.45) is 5.92 Å². The zero-order valence-electron chi connectivity index (χ0n) is 16.2. The van der Waals surface area contributed by atoms with Crippen molar-refractivity contribution in [2.45, 2.75) is 37.8 Å². The Bertz CT molecular complexity index is 892. The highest BCUT2D eigenvalue weighted by Gasteiger charge is 2.49. The quantitative estimate of drug-likeness (QED) is 0.516. The summed E-state index contributed by atoms with van der Waals surface area (Å²) in [6, 6.07) is 10.0. The first kappa shape index (κ1) is 20.3. The molecule has 2 fully saturated rings. The molecule has 0 spiro atoms. The lowest BCUT2D eigenvalue weighted by atomic mass is 9.92. The monoisotopic (exact) mass is 398 g/mol. The number of ether oxygens (including phenoxy) is 1. The van der Waals surface area contributed by atoms with E-state index in [2.05, 4.69) is 16.7 Å². The van der Waals surface area contributed by atoms with Gasteiger partial charge in [0.1, 0.15) is 17.6 Å². The van der Waals surface area contributed by atoms with Crippen LogP contribution in [0.1, 0.15) is 32.3 Å². The van der Waals surface area contributed by atoms with Gasteiger partial charge in [-0.05, 0) is 38.2 Å². The van der Waals surface area contributed by atoms with Crippen molar-refractivity contribution in [3.63, 3.8) is 0 Å². The summed E-state index contributed by atoms with van der Waals surface area (Å²) in [7, 11) is 0. The Morgan fingerprint density at radius 3 is 2.59 bits per heavy atom. The van der Waals surface area contributed by atoms with E-state index in [0.29, 0.717) is 5.56 Å². The van der Waals surface area contributed by atoms with Crippen molar-refractivity contribution < 1.29 is 23.9 Å². The van der Waals surface area contributed by atoms with Crippen LogP contribution >= 0.6 is 0 Å². The van der Waals surface area contributed by atoms with Gasteiger partial charge in [0.05, 0.1) is 6.07 Å². The van der Waals surface area contributed by atoms with E-state index in [9.17, 15) is 24.4 Å². The van der Waals surface area contributed by atoms with Gasteiger partial charge in [0, 0.05) is 0 Å². The van der Waals surface area contributed by atoms with Crippen molar-refractivity contribution in [2.75, 3.05) is 13.2 Å². The van der Waals surface area contributed by atoms with E-state index >= 15 is 0 Å². The highest BCUT2D eigenvalue weighted by Crippen LogP contribution is 2.39. The molecule has 3 rings (SSSR count). The SMILES string of the molecule is C[C@@]1(c2ccccc2)NC(=O)N(CC(=O)OCC(=O)N[C@@](C)(C#N)C2CC2)C1=O. The number of esters is 1. The predicted octanol–water partition coefficient (Wildman–Crippen LogP) is 0.805. The fourth-order valence-electron chi connectivity index (χ4n) is 3.34. The fourth-order valence-corrected chi connectivity index (χ4v) is 3.34. The number of rotatable bonds is 7. The van der Waals surface area contributed by atoms with Crippen molar-refractivity contribution in [3.8, 4) is 6.07 Å². The Labute approximate surface area is 168 Å². The lowest BCUT2D eigenvalue weighted by molar-refractivity contribution is -0.151. The van der Waals surface area contributed by atoms with Crippen molar-refractivity contribution in [1.29, 1.82) is 5.26 Å². The summed E-state index contributed by atoms with van der Waals surface area (Å²) in [6.45, 7) is 1.98. The second-order valence-electron chi connectivity index (χ2n) is 7.61. The maximum Gasteiger partial charge on any atom is 0.326 e. The van der Waals surface area contributed by atoms with Crippen LogP contribution in [0.3, 0.4) is 0 Å². The Morgan fingerprint density at radius 1 is 1.34 bits per heavy atom. The first-order valence-electron chi connectivity index (χ1n) is 9.27. The van der Waals surface area contributed by atoms with E-state index < -0.39 is 48.0 Å².